The average molecular weight is 252 g/mol. The Morgan fingerprint density at radius 3 is 1.78 bits per heavy atom. The lowest BCUT2D eigenvalue weighted by Gasteiger charge is -2.32. The molecule has 0 atom stereocenters. The maximum atomic E-state index is 12.0. The zero-order valence-corrected chi connectivity index (χ0v) is 11.1. The lowest BCUT2D eigenvalue weighted by molar-refractivity contribution is -0.203. The highest BCUT2D eigenvalue weighted by Gasteiger charge is 2.50. The van der Waals surface area contributed by atoms with Crippen LogP contribution in [-0.4, -0.2) is 18.7 Å². The molecule has 0 radical (unpaired) electrons. The minimum absolute atomic E-state index is 0.278. The first kappa shape index (κ1) is 14.5. The maximum absolute atomic E-state index is 12.0. The monoisotopic (exact) mass is 252 g/mol. The van der Waals surface area contributed by atoms with E-state index in [1.54, 1.807) is 0 Å². The third-order valence-corrected chi connectivity index (χ3v) is 3.12. The van der Waals surface area contributed by atoms with Gasteiger partial charge in [0.25, 0.3) is 0 Å². The van der Waals surface area contributed by atoms with E-state index in [4.69, 9.17) is 9.47 Å². The van der Waals surface area contributed by atoms with E-state index in [2.05, 4.69) is 13.2 Å². The van der Waals surface area contributed by atoms with Crippen molar-refractivity contribution in [3.8, 4) is 0 Å². The molecule has 0 aromatic carbocycles. The van der Waals surface area contributed by atoms with Crippen molar-refractivity contribution < 1.29 is 19.1 Å². The lowest BCUT2D eigenvalue weighted by atomic mass is 9.77. The zero-order chi connectivity index (χ0) is 13.8. The summed E-state index contributed by atoms with van der Waals surface area (Å²) in [6.45, 7) is 11.0. The van der Waals surface area contributed by atoms with Gasteiger partial charge in [0.1, 0.15) is 0 Å². The van der Waals surface area contributed by atoms with Gasteiger partial charge in [-0.2, -0.15) is 0 Å². The number of hydrogen-bond acceptors (Lipinski definition) is 4. The van der Waals surface area contributed by atoms with Crippen molar-refractivity contribution in [1.29, 1.82) is 0 Å². The summed E-state index contributed by atoms with van der Waals surface area (Å²) in [6.07, 6.45) is 1.96. The topological polar surface area (TPSA) is 52.6 Å². The van der Waals surface area contributed by atoms with E-state index in [1.165, 1.54) is 0 Å². The quantitative estimate of drug-likeness (QED) is 0.414. The van der Waals surface area contributed by atoms with E-state index in [1.807, 2.05) is 13.8 Å². The molecule has 100 valence electrons. The van der Waals surface area contributed by atoms with Crippen LogP contribution in [0.4, 0.5) is 0 Å². The van der Waals surface area contributed by atoms with Crippen molar-refractivity contribution >= 4 is 11.9 Å². The van der Waals surface area contributed by atoms with Crippen LogP contribution in [0.1, 0.15) is 39.5 Å². The molecule has 1 rings (SSSR count). The van der Waals surface area contributed by atoms with Crippen LogP contribution >= 0.6 is 0 Å². The number of carbonyl (C=O) groups excluding carboxylic acids is 2. The van der Waals surface area contributed by atoms with Crippen LogP contribution < -0.4 is 0 Å². The molecular formula is C14H20O4. The number of ether oxygens (including phenoxy) is 2. The summed E-state index contributed by atoms with van der Waals surface area (Å²) in [7, 11) is 0. The first-order chi connectivity index (χ1) is 8.38. The Bertz CT molecular complexity index is 345. The minimum atomic E-state index is -1.18. The molecule has 4 heteroatoms. The summed E-state index contributed by atoms with van der Waals surface area (Å²) in [6, 6.07) is 0. The Kier molecular flexibility index (Phi) is 4.70. The van der Waals surface area contributed by atoms with Gasteiger partial charge in [-0.3, -0.25) is 9.59 Å². The van der Waals surface area contributed by atoms with Crippen molar-refractivity contribution in [2.75, 3.05) is 6.79 Å². The molecular weight excluding hydrogens is 232 g/mol. The van der Waals surface area contributed by atoms with E-state index in [-0.39, 0.29) is 6.79 Å². The Labute approximate surface area is 108 Å². The molecule has 0 spiro atoms. The van der Waals surface area contributed by atoms with E-state index in [0.717, 1.165) is 11.1 Å². The summed E-state index contributed by atoms with van der Waals surface area (Å²) in [5.41, 5.74) is 0.669. The third kappa shape index (κ3) is 3.22. The molecule has 1 saturated heterocycles. The van der Waals surface area contributed by atoms with E-state index in [0.29, 0.717) is 25.7 Å². The molecule has 1 aliphatic heterocycles. The van der Waals surface area contributed by atoms with Crippen LogP contribution in [0.15, 0.2) is 24.3 Å². The second-order valence-corrected chi connectivity index (χ2v) is 4.98. The summed E-state index contributed by atoms with van der Waals surface area (Å²) >= 11 is 0. The van der Waals surface area contributed by atoms with Gasteiger partial charge >= 0.3 is 11.9 Å². The zero-order valence-electron chi connectivity index (χ0n) is 11.1. The standard InChI is InChI=1S/C14H20O4/c1-10(2)5-7-14(8-6-11(3)4)12(15)17-9-18-13(14)16/h1,3,5-9H2,2,4H3. The molecule has 0 aromatic rings. The fourth-order valence-electron chi connectivity index (χ4n) is 1.88. The predicted octanol–water partition coefficient (Wildman–Crippen LogP) is 2.74. The van der Waals surface area contributed by atoms with Gasteiger partial charge in [-0.1, -0.05) is 11.1 Å². The molecule has 4 nitrogen and oxygen atoms in total. The van der Waals surface area contributed by atoms with Crippen LogP contribution in [0.25, 0.3) is 0 Å². The number of allylic oxidation sites excluding steroid dienone is 2. The third-order valence-electron chi connectivity index (χ3n) is 3.12. The van der Waals surface area contributed by atoms with E-state index in [9.17, 15) is 9.59 Å². The normalized spacial score (nSPS) is 17.9. The molecule has 0 aromatic heterocycles. The van der Waals surface area contributed by atoms with Gasteiger partial charge in [-0.25, -0.2) is 0 Å². The van der Waals surface area contributed by atoms with Crippen molar-refractivity contribution in [2.24, 2.45) is 5.41 Å². The first-order valence-electron chi connectivity index (χ1n) is 6.02. The minimum Gasteiger partial charge on any atom is -0.427 e. The second kappa shape index (κ2) is 5.85. The Balaban J connectivity index is 2.89. The van der Waals surface area contributed by atoms with Crippen molar-refractivity contribution in [3.05, 3.63) is 24.3 Å². The molecule has 1 heterocycles. The molecule has 1 fully saturated rings. The number of hydrogen-bond donors (Lipinski definition) is 0. The molecule has 0 bridgehead atoms. The second-order valence-electron chi connectivity index (χ2n) is 4.98. The van der Waals surface area contributed by atoms with Crippen LogP contribution in [-0.2, 0) is 19.1 Å². The fourth-order valence-corrected chi connectivity index (χ4v) is 1.88. The lowest BCUT2D eigenvalue weighted by Crippen LogP contribution is -2.46. The van der Waals surface area contributed by atoms with Gasteiger partial charge in [0.15, 0.2) is 5.41 Å². The number of carbonyl (C=O) groups is 2. The Hall–Kier alpha value is -1.58. The molecule has 1 aliphatic rings. The van der Waals surface area contributed by atoms with E-state index < -0.39 is 17.4 Å². The van der Waals surface area contributed by atoms with Gasteiger partial charge in [0, 0.05) is 0 Å². The van der Waals surface area contributed by atoms with Crippen LogP contribution in [0, 0.1) is 5.41 Å². The molecule has 0 amide bonds. The van der Waals surface area contributed by atoms with Gasteiger partial charge in [0.05, 0.1) is 0 Å². The number of esters is 2. The highest BCUT2D eigenvalue weighted by Crippen LogP contribution is 2.37. The summed E-state index contributed by atoms with van der Waals surface area (Å²) < 4.78 is 9.78. The SMILES string of the molecule is C=C(C)CCC1(CCC(=C)C)C(=O)OCOC1=O. The van der Waals surface area contributed by atoms with Gasteiger partial charge < -0.3 is 9.47 Å². The average Bonchev–Trinajstić information content (AvgIpc) is 2.27. The van der Waals surface area contributed by atoms with Crippen LogP contribution in [0.5, 0.6) is 0 Å². The van der Waals surface area contributed by atoms with Crippen molar-refractivity contribution in [2.45, 2.75) is 39.5 Å². The van der Waals surface area contributed by atoms with Gasteiger partial charge in [-0.15, -0.1) is 13.2 Å². The van der Waals surface area contributed by atoms with Crippen molar-refractivity contribution in [3.63, 3.8) is 0 Å². The van der Waals surface area contributed by atoms with Crippen LogP contribution in [0.2, 0.25) is 0 Å². The number of rotatable bonds is 6. The molecule has 18 heavy (non-hydrogen) atoms. The van der Waals surface area contributed by atoms with Crippen LogP contribution in [0.3, 0.4) is 0 Å². The molecule has 0 saturated carbocycles. The maximum Gasteiger partial charge on any atom is 0.326 e. The fraction of sp³-hybridized carbons (Fsp3) is 0.571. The summed E-state index contributed by atoms with van der Waals surface area (Å²) in [5.74, 6) is -0.970. The smallest absolute Gasteiger partial charge is 0.326 e. The highest BCUT2D eigenvalue weighted by molar-refractivity contribution is 6.01. The largest absolute Gasteiger partial charge is 0.427 e. The summed E-state index contributed by atoms with van der Waals surface area (Å²) in [4.78, 5) is 23.9. The Morgan fingerprint density at radius 1 is 1.06 bits per heavy atom. The number of cyclic esters (lactones) is 2. The van der Waals surface area contributed by atoms with E-state index >= 15 is 0 Å². The predicted molar refractivity (Wildman–Crippen MR) is 67.6 cm³/mol. The van der Waals surface area contributed by atoms with Gasteiger partial charge in [-0.05, 0) is 39.5 Å². The first-order valence-corrected chi connectivity index (χ1v) is 6.02. The molecule has 0 aliphatic carbocycles. The molecule has 0 unspecified atom stereocenters. The highest BCUT2D eigenvalue weighted by atomic mass is 16.7. The Morgan fingerprint density at radius 2 is 1.44 bits per heavy atom. The van der Waals surface area contributed by atoms with Gasteiger partial charge in [0.2, 0.25) is 6.79 Å². The molecule has 0 N–H and O–H groups in total. The summed E-state index contributed by atoms with van der Waals surface area (Å²) in [5, 5.41) is 0. The van der Waals surface area contributed by atoms with Crippen molar-refractivity contribution in [1.82, 2.24) is 0 Å².